The summed E-state index contributed by atoms with van der Waals surface area (Å²) in [6.45, 7) is 6.62. The quantitative estimate of drug-likeness (QED) is 0.492. The van der Waals surface area contributed by atoms with Crippen LogP contribution in [0.3, 0.4) is 0 Å². The molecule has 0 aromatic carbocycles. The predicted molar refractivity (Wildman–Crippen MR) is 128 cm³/mol. The average Bonchev–Trinajstić information content (AvgIpc) is 3.20. The Hall–Kier alpha value is -1.89. The second-order valence-electron chi connectivity index (χ2n) is 7.20. The van der Waals surface area contributed by atoms with E-state index in [1.807, 2.05) is 36.7 Å². The molecule has 1 saturated heterocycles. The predicted octanol–water partition coefficient (Wildman–Crippen LogP) is 6.30. The lowest BCUT2D eigenvalue weighted by molar-refractivity contribution is 0.577. The van der Waals surface area contributed by atoms with Crippen LogP contribution in [0.1, 0.15) is 43.9 Å². The molecule has 0 amide bonds. The molecule has 1 aliphatic rings. The van der Waals surface area contributed by atoms with E-state index in [0.717, 1.165) is 35.4 Å². The third-order valence-electron chi connectivity index (χ3n) is 4.79. The van der Waals surface area contributed by atoms with Crippen molar-refractivity contribution in [3.63, 3.8) is 0 Å². The molecule has 4 heterocycles. The summed E-state index contributed by atoms with van der Waals surface area (Å²) in [5.74, 6) is 2.08. The summed E-state index contributed by atoms with van der Waals surface area (Å²) in [6.07, 6.45) is 7.78. The number of rotatable bonds is 5. The summed E-state index contributed by atoms with van der Waals surface area (Å²) >= 11 is 1.70. The summed E-state index contributed by atoms with van der Waals surface area (Å²) in [5.41, 5.74) is 2.09. The lowest BCUT2D eigenvalue weighted by Crippen LogP contribution is -2.29. The first-order valence-corrected chi connectivity index (χ1v) is 10.4. The van der Waals surface area contributed by atoms with E-state index >= 15 is 0 Å². The fourth-order valence-corrected chi connectivity index (χ4v) is 4.11. The van der Waals surface area contributed by atoms with E-state index in [1.165, 1.54) is 29.8 Å². The van der Waals surface area contributed by atoms with Gasteiger partial charge in [0.2, 0.25) is 0 Å². The summed E-state index contributed by atoms with van der Waals surface area (Å²) in [7, 11) is 0. The minimum Gasteiger partial charge on any atom is -0.370 e. The smallest absolute Gasteiger partial charge is 0.142 e. The molecule has 156 valence electrons. The van der Waals surface area contributed by atoms with Gasteiger partial charge < -0.3 is 10.2 Å². The van der Waals surface area contributed by atoms with Crippen molar-refractivity contribution in [2.24, 2.45) is 0 Å². The van der Waals surface area contributed by atoms with Crippen LogP contribution in [0.25, 0.3) is 10.7 Å². The van der Waals surface area contributed by atoms with Crippen molar-refractivity contribution >= 4 is 53.5 Å². The van der Waals surface area contributed by atoms with Gasteiger partial charge in [-0.2, -0.15) is 0 Å². The van der Waals surface area contributed by atoms with Crippen molar-refractivity contribution in [1.82, 2.24) is 15.0 Å². The number of hydrogen-bond acceptors (Lipinski definition) is 6. The third kappa shape index (κ3) is 5.81. The molecule has 1 aliphatic heterocycles. The number of hydrogen-bond donors (Lipinski definition) is 1. The SMILES string of the molecule is CC(C)c1cnc(-c2cccc(Nc3ccc(N4CCCCC4)cn3)n2)s1.Cl.Cl. The molecular weight excluding hydrogens is 425 g/mol. The summed E-state index contributed by atoms with van der Waals surface area (Å²) in [4.78, 5) is 17.5. The van der Waals surface area contributed by atoms with E-state index in [9.17, 15) is 0 Å². The largest absolute Gasteiger partial charge is 0.370 e. The van der Waals surface area contributed by atoms with Crippen molar-refractivity contribution in [2.45, 2.75) is 39.0 Å². The molecular formula is C21H27Cl2N5S. The number of anilines is 3. The standard InChI is InChI=1S/C21H25N5S.2ClH/c1-15(2)18-14-23-21(27-18)17-7-6-8-20(24-17)25-19-10-9-16(13-22-19)26-11-4-3-5-12-26;;/h6-10,13-15H,3-5,11-12H2,1-2H3,(H,22,24,25);2*1H. The van der Waals surface area contributed by atoms with Crippen LogP contribution in [-0.4, -0.2) is 28.0 Å². The van der Waals surface area contributed by atoms with Crippen molar-refractivity contribution < 1.29 is 0 Å². The molecule has 4 rings (SSSR count). The molecule has 0 aliphatic carbocycles. The summed E-state index contributed by atoms with van der Waals surface area (Å²) < 4.78 is 0. The maximum atomic E-state index is 4.71. The molecule has 0 spiro atoms. The monoisotopic (exact) mass is 451 g/mol. The van der Waals surface area contributed by atoms with E-state index < -0.39 is 0 Å². The number of nitrogens with zero attached hydrogens (tertiary/aromatic N) is 4. The van der Waals surface area contributed by atoms with Crippen LogP contribution in [0.2, 0.25) is 0 Å². The first-order chi connectivity index (χ1) is 13.2. The van der Waals surface area contributed by atoms with E-state index in [2.05, 4.69) is 40.1 Å². The van der Waals surface area contributed by atoms with E-state index in [-0.39, 0.29) is 24.8 Å². The van der Waals surface area contributed by atoms with Gasteiger partial charge in [-0.3, -0.25) is 0 Å². The molecule has 0 saturated carbocycles. The molecule has 0 radical (unpaired) electrons. The zero-order valence-corrected chi connectivity index (χ0v) is 19.1. The van der Waals surface area contributed by atoms with Crippen molar-refractivity contribution in [3.05, 3.63) is 47.6 Å². The highest BCUT2D eigenvalue weighted by Crippen LogP contribution is 2.29. The second-order valence-corrected chi connectivity index (χ2v) is 8.27. The highest BCUT2D eigenvalue weighted by molar-refractivity contribution is 7.15. The maximum absolute atomic E-state index is 4.71. The summed E-state index contributed by atoms with van der Waals surface area (Å²) in [5, 5.41) is 4.26. The highest BCUT2D eigenvalue weighted by atomic mass is 35.5. The van der Waals surface area contributed by atoms with Crippen LogP contribution < -0.4 is 10.2 Å². The molecule has 3 aromatic heterocycles. The number of nitrogens with one attached hydrogen (secondary N) is 1. The minimum atomic E-state index is 0. The van der Waals surface area contributed by atoms with Crippen LogP contribution in [0.4, 0.5) is 17.3 Å². The average molecular weight is 452 g/mol. The molecule has 8 heteroatoms. The molecule has 1 fully saturated rings. The number of aromatic nitrogens is 3. The van der Waals surface area contributed by atoms with Gasteiger partial charge in [0.05, 0.1) is 11.9 Å². The lowest BCUT2D eigenvalue weighted by Gasteiger charge is -2.28. The lowest BCUT2D eigenvalue weighted by atomic mass is 10.1. The zero-order valence-electron chi connectivity index (χ0n) is 16.7. The topological polar surface area (TPSA) is 53.9 Å². The molecule has 1 N–H and O–H groups in total. The molecule has 5 nitrogen and oxygen atoms in total. The number of piperidine rings is 1. The van der Waals surface area contributed by atoms with E-state index in [4.69, 9.17) is 4.98 Å². The molecule has 0 unspecified atom stereocenters. The normalized spacial score (nSPS) is 13.6. The number of thiazole rings is 1. The van der Waals surface area contributed by atoms with Gasteiger partial charge in [-0.15, -0.1) is 36.2 Å². The van der Waals surface area contributed by atoms with Gasteiger partial charge in [0.15, 0.2) is 0 Å². The summed E-state index contributed by atoms with van der Waals surface area (Å²) in [6, 6.07) is 10.1. The van der Waals surface area contributed by atoms with Gasteiger partial charge >= 0.3 is 0 Å². The third-order valence-corrected chi connectivity index (χ3v) is 6.11. The molecule has 3 aromatic rings. The fourth-order valence-electron chi connectivity index (χ4n) is 3.23. The van der Waals surface area contributed by atoms with Crippen LogP contribution in [0.15, 0.2) is 42.7 Å². The first kappa shape index (κ1) is 23.4. The molecule has 0 bridgehead atoms. The van der Waals surface area contributed by atoms with E-state index in [0.29, 0.717) is 5.92 Å². The number of halogens is 2. The van der Waals surface area contributed by atoms with Crippen molar-refractivity contribution in [3.8, 4) is 10.7 Å². The Labute approximate surface area is 188 Å². The van der Waals surface area contributed by atoms with Gasteiger partial charge in [0.1, 0.15) is 22.3 Å². The fraction of sp³-hybridized carbons (Fsp3) is 0.381. The Balaban J connectivity index is 0.00000150. The Kier molecular flexibility index (Phi) is 8.68. The Morgan fingerprint density at radius 3 is 2.38 bits per heavy atom. The molecule has 0 atom stereocenters. The van der Waals surface area contributed by atoms with Gasteiger partial charge in [0, 0.05) is 24.2 Å². The van der Waals surface area contributed by atoms with Gasteiger partial charge in [-0.25, -0.2) is 15.0 Å². The van der Waals surface area contributed by atoms with E-state index in [1.54, 1.807) is 11.3 Å². The highest BCUT2D eigenvalue weighted by Gasteiger charge is 2.12. The van der Waals surface area contributed by atoms with Crippen LogP contribution >= 0.6 is 36.2 Å². The van der Waals surface area contributed by atoms with Crippen LogP contribution in [-0.2, 0) is 0 Å². The van der Waals surface area contributed by atoms with Crippen LogP contribution in [0, 0.1) is 0 Å². The molecule has 29 heavy (non-hydrogen) atoms. The number of pyridine rings is 2. The first-order valence-electron chi connectivity index (χ1n) is 9.60. The Bertz CT molecular complexity index is 892. The second kappa shape index (κ2) is 10.8. The van der Waals surface area contributed by atoms with Gasteiger partial charge in [-0.1, -0.05) is 19.9 Å². The van der Waals surface area contributed by atoms with Crippen LogP contribution in [0.5, 0.6) is 0 Å². The van der Waals surface area contributed by atoms with Gasteiger partial charge in [0.25, 0.3) is 0 Å². The van der Waals surface area contributed by atoms with Gasteiger partial charge in [-0.05, 0) is 49.4 Å². The Morgan fingerprint density at radius 1 is 0.931 bits per heavy atom. The van der Waals surface area contributed by atoms with Crippen molar-refractivity contribution in [2.75, 3.05) is 23.3 Å². The maximum Gasteiger partial charge on any atom is 0.142 e. The Morgan fingerprint density at radius 2 is 1.72 bits per heavy atom. The van der Waals surface area contributed by atoms with Crippen molar-refractivity contribution in [1.29, 1.82) is 0 Å². The minimum absolute atomic E-state index is 0. The zero-order chi connectivity index (χ0) is 18.6.